The first kappa shape index (κ1) is 21.6. The van der Waals surface area contributed by atoms with Gasteiger partial charge in [-0.25, -0.2) is 4.39 Å². The zero-order valence-electron chi connectivity index (χ0n) is 16.0. The van der Waals surface area contributed by atoms with Crippen LogP contribution in [0.5, 0.6) is 0 Å². The summed E-state index contributed by atoms with van der Waals surface area (Å²) in [7, 11) is 0. The molecule has 1 aliphatic heterocycles. The van der Waals surface area contributed by atoms with Crippen LogP contribution in [0.15, 0.2) is 42.5 Å². The van der Waals surface area contributed by atoms with Gasteiger partial charge in [-0.3, -0.25) is 34.2 Å². The number of amides is 3. The molecule has 0 bridgehead atoms. The molecule has 0 radical (unpaired) electrons. The van der Waals surface area contributed by atoms with Crippen molar-refractivity contribution >= 4 is 29.4 Å². The fourth-order valence-electron chi connectivity index (χ4n) is 2.98. The lowest BCUT2D eigenvalue weighted by atomic mass is 10.1. The minimum atomic E-state index is -1.02. The van der Waals surface area contributed by atoms with Crippen LogP contribution in [-0.2, 0) is 20.7 Å². The van der Waals surface area contributed by atoms with Gasteiger partial charge in [-0.1, -0.05) is 18.2 Å². The summed E-state index contributed by atoms with van der Waals surface area (Å²) < 4.78 is 17.6. The number of fused-ring (bicyclic) bond motifs is 1. The van der Waals surface area contributed by atoms with Gasteiger partial charge in [-0.05, 0) is 30.2 Å². The summed E-state index contributed by atoms with van der Waals surface area (Å²) >= 11 is 0. The Morgan fingerprint density at radius 2 is 1.81 bits per heavy atom. The lowest BCUT2D eigenvalue weighted by molar-refractivity contribution is -0.385. The Hall–Kier alpha value is -4.15. The zero-order valence-corrected chi connectivity index (χ0v) is 16.0. The third kappa shape index (κ3) is 4.89. The number of nitro groups is 1. The molecule has 0 aliphatic carbocycles. The average molecular weight is 429 g/mol. The molecule has 1 heterocycles. The van der Waals surface area contributed by atoms with Crippen LogP contribution in [0.3, 0.4) is 0 Å². The molecule has 0 fully saturated rings. The molecular weight excluding hydrogens is 413 g/mol. The molecule has 2 aromatic rings. The molecular formula is C20H16FN3O7. The molecule has 0 aromatic heterocycles. The summed E-state index contributed by atoms with van der Waals surface area (Å²) in [5.41, 5.74) is -0.292. The number of benzene rings is 2. The van der Waals surface area contributed by atoms with E-state index in [9.17, 15) is 33.7 Å². The Bertz CT molecular complexity index is 1070. The first-order valence-electron chi connectivity index (χ1n) is 9.08. The molecule has 3 rings (SSSR count). The van der Waals surface area contributed by atoms with E-state index < -0.39 is 47.5 Å². The fourth-order valence-corrected chi connectivity index (χ4v) is 2.98. The predicted molar refractivity (Wildman–Crippen MR) is 103 cm³/mol. The molecule has 3 amide bonds. The van der Waals surface area contributed by atoms with Gasteiger partial charge in [0.25, 0.3) is 23.4 Å². The molecule has 31 heavy (non-hydrogen) atoms. The van der Waals surface area contributed by atoms with Crippen LogP contribution in [0.2, 0.25) is 0 Å². The molecule has 0 atom stereocenters. The summed E-state index contributed by atoms with van der Waals surface area (Å²) in [5.74, 6) is -3.83. The lowest BCUT2D eigenvalue weighted by Gasteiger charge is -2.13. The summed E-state index contributed by atoms with van der Waals surface area (Å²) in [6.07, 6.45) is 0.438. The molecule has 1 aliphatic rings. The van der Waals surface area contributed by atoms with Crippen molar-refractivity contribution in [3.63, 3.8) is 0 Å². The Kier molecular flexibility index (Phi) is 6.34. The Morgan fingerprint density at radius 3 is 2.48 bits per heavy atom. The molecule has 1 N–H and O–H groups in total. The predicted octanol–water partition coefficient (Wildman–Crippen LogP) is 1.23. The van der Waals surface area contributed by atoms with Gasteiger partial charge < -0.3 is 10.1 Å². The van der Waals surface area contributed by atoms with Gasteiger partial charge in [0.1, 0.15) is 17.9 Å². The minimum Gasteiger partial charge on any atom is -0.454 e. The van der Waals surface area contributed by atoms with Crippen LogP contribution in [0.1, 0.15) is 26.3 Å². The van der Waals surface area contributed by atoms with Crippen molar-refractivity contribution < 1.29 is 33.2 Å². The molecule has 0 saturated heterocycles. The van der Waals surface area contributed by atoms with E-state index in [0.29, 0.717) is 11.3 Å². The molecule has 0 spiro atoms. The van der Waals surface area contributed by atoms with E-state index in [4.69, 9.17) is 4.74 Å². The number of rotatable bonds is 8. The Morgan fingerprint density at radius 1 is 1.10 bits per heavy atom. The van der Waals surface area contributed by atoms with Crippen LogP contribution >= 0.6 is 0 Å². The molecule has 10 nitrogen and oxygen atoms in total. The first-order chi connectivity index (χ1) is 14.8. The molecule has 11 heteroatoms. The van der Waals surface area contributed by atoms with E-state index in [1.807, 2.05) is 0 Å². The van der Waals surface area contributed by atoms with Gasteiger partial charge in [0.2, 0.25) is 0 Å². The van der Waals surface area contributed by atoms with E-state index in [1.165, 1.54) is 24.3 Å². The van der Waals surface area contributed by atoms with Crippen molar-refractivity contribution in [3.05, 3.63) is 75.1 Å². The number of nitrogens with zero attached hydrogens (tertiary/aromatic N) is 2. The van der Waals surface area contributed by atoms with E-state index in [2.05, 4.69) is 5.32 Å². The molecule has 0 unspecified atom stereocenters. The van der Waals surface area contributed by atoms with Gasteiger partial charge >= 0.3 is 5.97 Å². The topological polar surface area (TPSA) is 136 Å². The highest BCUT2D eigenvalue weighted by atomic mass is 19.1. The van der Waals surface area contributed by atoms with E-state index in [-0.39, 0.29) is 23.5 Å². The van der Waals surface area contributed by atoms with E-state index in [0.717, 1.165) is 11.6 Å². The quantitative estimate of drug-likeness (QED) is 0.288. The van der Waals surface area contributed by atoms with Gasteiger partial charge in [0, 0.05) is 12.6 Å². The number of ether oxygens (including phenoxy) is 1. The van der Waals surface area contributed by atoms with Crippen LogP contribution in [0.4, 0.5) is 10.1 Å². The number of hydrogen-bond donors (Lipinski definition) is 1. The third-order valence-corrected chi connectivity index (χ3v) is 4.47. The standard InChI is InChI=1S/C20H16FN3O7/c21-13-6-4-12(5-7-13)8-9-22-16(25)11-31-17(26)10-23-19(27)14-2-1-3-15(24(29)30)18(14)20(23)28/h1-7H,8-11H2,(H,22,25). The summed E-state index contributed by atoms with van der Waals surface area (Å²) in [4.78, 5) is 59.3. The summed E-state index contributed by atoms with van der Waals surface area (Å²) in [5, 5.41) is 13.6. The third-order valence-electron chi connectivity index (χ3n) is 4.47. The zero-order chi connectivity index (χ0) is 22.5. The second-order valence-electron chi connectivity index (χ2n) is 6.54. The van der Waals surface area contributed by atoms with Gasteiger partial charge in [0.15, 0.2) is 6.61 Å². The molecule has 2 aromatic carbocycles. The highest BCUT2D eigenvalue weighted by molar-refractivity contribution is 6.24. The highest BCUT2D eigenvalue weighted by Gasteiger charge is 2.41. The van der Waals surface area contributed by atoms with Crippen molar-refractivity contribution in [1.82, 2.24) is 10.2 Å². The maximum atomic E-state index is 12.8. The number of carbonyl (C=O) groups excluding carboxylic acids is 4. The minimum absolute atomic E-state index is 0.175. The number of esters is 1. The number of halogens is 1. The van der Waals surface area contributed by atoms with Crippen molar-refractivity contribution in [3.8, 4) is 0 Å². The average Bonchev–Trinajstić information content (AvgIpc) is 2.98. The normalized spacial score (nSPS) is 12.5. The largest absolute Gasteiger partial charge is 0.454 e. The van der Waals surface area contributed by atoms with Gasteiger partial charge in [0.05, 0.1) is 10.5 Å². The number of imide groups is 1. The van der Waals surface area contributed by atoms with Gasteiger partial charge in [-0.2, -0.15) is 0 Å². The maximum absolute atomic E-state index is 12.8. The van der Waals surface area contributed by atoms with Gasteiger partial charge in [-0.15, -0.1) is 0 Å². The van der Waals surface area contributed by atoms with Crippen LogP contribution in [0.25, 0.3) is 0 Å². The number of nitrogens with one attached hydrogen (secondary N) is 1. The fraction of sp³-hybridized carbons (Fsp3) is 0.200. The van der Waals surface area contributed by atoms with Crippen LogP contribution in [-0.4, -0.2) is 53.2 Å². The molecule has 0 saturated carbocycles. The monoisotopic (exact) mass is 429 g/mol. The van der Waals surface area contributed by atoms with Crippen LogP contribution < -0.4 is 5.32 Å². The maximum Gasteiger partial charge on any atom is 0.326 e. The van der Waals surface area contributed by atoms with Crippen molar-refractivity contribution in [2.75, 3.05) is 19.7 Å². The highest BCUT2D eigenvalue weighted by Crippen LogP contribution is 2.30. The Labute approximate surface area is 174 Å². The van der Waals surface area contributed by atoms with Crippen LogP contribution in [0, 0.1) is 15.9 Å². The van der Waals surface area contributed by atoms with E-state index >= 15 is 0 Å². The SMILES string of the molecule is O=C(COC(=O)CN1C(=O)c2cccc([N+](=O)[O-])c2C1=O)NCCc1ccc(F)cc1. The summed E-state index contributed by atoms with van der Waals surface area (Å²) in [6, 6.07) is 9.35. The van der Waals surface area contributed by atoms with Crippen molar-refractivity contribution in [2.24, 2.45) is 0 Å². The van der Waals surface area contributed by atoms with Crippen molar-refractivity contribution in [2.45, 2.75) is 6.42 Å². The number of hydrogen-bond acceptors (Lipinski definition) is 7. The second-order valence-corrected chi connectivity index (χ2v) is 6.54. The Balaban J connectivity index is 1.48. The first-order valence-corrected chi connectivity index (χ1v) is 9.08. The molecule has 160 valence electrons. The number of nitro benzene ring substituents is 1. The second kappa shape index (κ2) is 9.11. The lowest BCUT2D eigenvalue weighted by Crippen LogP contribution is -2.37. The van der Waals surface area contributed by atoms with Crippen molar-refractivity contribution in [1.29, 1.82) is 0 Å². The number of carbonyl (C=O) groups is 4. The summed E-state index contributed by atoms with van der Waals surface area (Å²) in [6.45, 7) is -1.19. The smallest absolute Gasteiger partial charge is 0.326 e. The van der Waals surface area contributed by atoms with E-state index in [1.54, 1.807) is 12.1 Å².